The lowest BCUT2D eigenvalue weighted by Gasteiger charge is -2.20. The van der Waals surface area contributed by atoms with E-state index >= 15 is 0 Å². The van der Waals surface area contributed by atoms with Crippen molar-refractivity contribution in [3.63, 3.8) is 0 Å². The quantitative estimate of drug-likeness (QED) is 0.865. The first kappa shape index (κ1) is 17.3. The summed E-state index contributed by atoms with van der Waals surface area (Å²) >= 11 is 1.64. The Kier molecular flexibility index (Phi) is 5.60. The van der Waals surface area contributed by atoms with Gasteiger partial charge < -0.3 is 15.4 Å². The number of benzene rings is 1. The number of thiazole rings is 1. The largest absolute Gasteiger partial charge is 0.444 e. The fourth-order valence-electron chi connectivity index (χ4n) is 1.98. The fourth-order valence-corrected chi connectivity index (χ4v) is 2.69. The lowest BCUT2D eigenvalue weighted by molar-refractivity contribution is 0.0523. The average Bonchev–Trinajstić information content (AvgIpc) is 2.87. The summed E-state index contributed by atoms with van der Waals surface area (Å²) in [5, 5.41) is 9.23. The number of rotatable bonds is 5. The van der Waals surface area contributed by atoms with Crippen LogP contribution in [-0.4, -0.2) is 16.7 Å². The molecule has 0 bridgehead atoms. The molecule has 23 heavy (non-hydrogen) atoms. The molecule has 1 aromatic carbocycles. The molecule has 5 nitrogen and oxygen atoms in total. The molecule has 1 aromatic heterocycles. The Balaban J connectivity index is 1.93. The van der Waals surface area contributed by atoms with Gasteiger partial charge in [-0.15, -0.1) is 11.3 Å². The van der Waals surface area contributed by atoms with E-state index in [9.17, 15) is 4.79 Å². The van der Waals surface area contributed by atoms with Crippen molar-refractivity contribution in [3.8, 4) is 0 Å². The molecule has 0 fully saturated rings. The number of alkyl carbamates (subject to hydrolysis) is 1. The Labute approximate surface area is 141 Å². The van der Waals surface area contributed by atoms with Gasteiger partial charge in [0.1, 0.15) is 10.6 Å². The summed E-state index contributed by atoms with van der Waals surface area (Å²) in [6.07, 6.45) is -0.414. The van der Waals surface area contributed by atoms with Crippen LogP contribution in [-0.2, 0) is 17.8 Å². The first-order chi connectivity index (χ1) is 10.8. The number of aromatic nitrogens is 1. The molecule has 1 heterocycles. The van der Waals surface area contributed by atoms with Crippen LogP contribution in [0.2, 0.25) is 0 Å². The van der Waals surface area contributed by atoms with Gasteiger partial charge in [-0.2, -0.15) is 0 Å². The zero-order chi connectivity index (χ0) is 16.9. The van der Waals surface area contributed by atoms with E-state index in [-0.39, 0.29) is 0 Å². The van der Waals surface area contributed by atoms with Crippen LogP contribution in [0.3, 0.4) is 0 Å². The highest BCUT2D eigenvalue weighted by molar-refractivity contribution is 7.09. The van der Waals surface area contributed by atoms with Crippen molar-refractivity contribution in [1.29, 1.82) is 0 Å². The summed E-state index contributed by atoms with van der Waals surface area (Å²) in [6.45, 7) is 8.60. The summed E-state index contributed by atoms with van der Waals surface area (Å²) in [7, 11) is 0. The molecule has 1 amide bonds. The van der Waals surface area contributed by atoms with Crippen LogP contribution >= 0.6 is 11.3 Å². The zero-order valence-corrected chi connectivity index (χ0v) is 14.8. The number of nitrogens with zero attached hydrogens (tertiary/aromatic N) is 1. The van der Waals surface area contributed by atoms with Gasteiger partial charge in [0, 0.05) is 23.3 Å². The van der Waals surface area contributed by atoms with Gasteiger partial charge in [-0.1, -0.05) is 18.2 Å². The van der Waals surface area contributed by atoms with Crippen molar-refractivity contribution in [3.05, 3.63) is 45.9 Å². The molecule has 0 spiro atoms. The van der Waals surface area contributed by atoms with E-state index < -0.39 is 11.7 Å². The molecule has 0 saturated heterocycles. The molecule has 124 valence electrons. The Hall–Kier alpha value is -2.08. The molecule has 2 rings (SSSR count). The van der Waals surface area contributed by atoms with Crippen molar-refractivity contribution in [2.45, 2.75) is 46.4 Å². The summed E-state index contributed by atoms with van der Waals surface area (Å²) in [4.78, 5) is 16.2. The maximum absolute atomic E-state index is 11.8. The number of hydrogen-bond acceptors (Lipinski definition) is 5. The van der Waals surface area contributed by atoms with Gasteiger partial charge in [0.2, 0.25) is 0 Å². The fraction of sp³-hybridized carbons (Fsp3) is 0.412. The number of amides is 1. The summed E-state index contributed by atoms with van der Waals surface area (Å²) in [5.41, 5.74) is 2.53. The molecule has 0 atom stereocenters. The minimum absolute atomic E-state index is 0.412. The van der Waals surface area contributed by atoms with Crippen LogP contribution in [0, 0.1) is 6.92 Å². The second-order valence-corrected chi connectivity index (χ2v) is 7.19. The third-order valence-electron chi connectivity index (χ3n) is 2.94. The van der Waals surface area contributed by atoms with Gasteiger partial charge in [-0.25, -0.2) is 9.78 Å². The highest BCUT2D eigenvalue weighted by atomic mass is 32.1. The topological polar surface area (TPSA) is 63.2 Å². The molecule has 0 saturated carbocycles. The molecule has 0 aliphatic heterocycles. The average molecular weight is 333 g/mol. The first-order valence-corrected chi connectivity index (χ1v) is 8.41. The number of carbonyl (C=O) groups excluding carboxylic acids is 1. The molecule has 0 aliphatic carbocycles. The molecule has 6 heteroatoms. The Morgan fingerprint density at radius 1 is 1.26 bits per heavy atom. The van der Waals surface area contributed by atoms with Gasteiger partial charge in [-0.3, -0.25) is 0 Å². The normalized spacial score (nSPS) is 11.1. The molecule has 2 N–H and O–H groups in total. The number of anilines is 1. The van der Waals surface area contributed by atoms with Gasteiger partial charge >= 0.3 is 6.09 Å². The highest BCUT2D eigenvalue weighted by Crippen LogP contribution is 2.17. The Morgan fingerprint density at radius 2 is 2.00 bits per heavy atom. The Morgan fingerprint density at radius 3 is 2.65 bits per heavy atom. The molecular weight excluding hydrogens is 310 g/mol. The SMILES string of the molecule is Cc1csc(CNc2ccccc2CNC(=O)OC(C)(C)C)n1. The van der Waals surface area contributed by atoms with Crippen LogP contribution in [0.1, 0.15) is 37.0 Å². The minimum atomic E-state index is -0.495. The van der Waals surface area contributed by atoms with Crippen LogP contribution in [0.5, 0.6) is 0 Å². The van der Waals surface area contributed by atoms with Gasteiger partial charge in [0.25, 0.3) is 0 Å². The molecular formula is C17H23N3O2S. The second-order valence-electron chi connectivity index (χ2n) is 6.25. The van der Waals surface area contributed by atoms with Gasteiger partial charge in [0.15, 0.2) is 0 Å². The van der Waals surface area contributed by atoms with Crippen molar-refractivity contribution >= 4 is 23.1 Å². The highest BCUT2D eigenvalue weighted by Gasteiger charge is 2.16. The molecule has 0 radical (unpaired) electrons. The van der Waals surface area contributed by atoms with Gasteiger partial charge in [0.05, 0.1) is 6.54 Å². The maximum atomic E-state index is 11.8. The van der Waals surface area contributed by atoms with E-state index in [0.717, 1.165) is 22.0 Å². The van der Waals surface area contributed by atoms with Crippen molar-refractivity contribution in [1.82, 2.24) is 10.3 Å². The first-order valence-electron chi connectivity index (χ1n) is 7.53. The third kappa shape index (κ3) is 5.90. The number of nitrogens with one attached hydrogen (secondary N) is 2. The zero-order valence-electron chi connectivity index (χ0n) is 14.0. The van der Waals surface area contributed by atoms with Crippen molar-refractivity contribution in [2.24, 2.45) is 0 Å². The van der Waals surface area contributed by atoms with Crippen molar-refractivity contribution < 1.29 is 9.53 Å². The van der Waals surface area contributed by atoms with E-state index in [1.807, 2.05) is 57.3 Å². The predicted octanol–water partition coefficient (Wildman–Crippen LogP) is 4.09. The van der Waals surface area contributed by atoms with E-state index in [4.69, 9.17) is 4.74 Å². The lowest BCUT2D eigenvalue weighted by atomic mass is 10.1. The van der Waals surface area contributed by atoms with E-state index in [1.165, 1.54) is 0 Å². The van der Waals surface area contributed by atoms with E-state index in [0.29, 0.717) is 13.1 Å². The number of aryl methyl sites for hydroxylation is 1. The number of para-hydroxylation sites is 1. The molecule has 0 unspecified atom stereocenters. The summed E-state index contributed by atoms with van der Waals surface area (Å²) in [5.74, 6) is 0. The third-order valence-corrected chi connectivity index (χ3v) is 3.90. The van der Waals surface area contributed by atoms with Crippen molar-refractivity contribution in [2.75, 3.05) is 5.32 Å². The van der Waals surface area contributed by atoms with Crippen LogP contribution in [0.4, 0.5) is 10.5 Å². The summed E-state index contributed by atoms with van der Waals surface area (Å²) in [6, 6.07) is 7.89. The smallest absolute Gasteiger partial charge is 0.407 e. The van der Waals surface area contributed by atoms with E-state index in [1.54, 1.807) is 11.3 Å². The summed E-state index contributed by atoms with van der Waals surface area (Å²) < 4.78 is 5.25. The Bertz CT molecular complexity index is 662. The minimum Gasteiger partial charge on any atom is -0.444 e. The lowest BCUT2D eigenvalue weighted by Crippen LogP contribution is -2.32. The number of ether oxygens (including phenoxy) is 1. The predicted molar refractivity (Wildman–Crippen MR) is 93.7 cm³/mol. The van der Waals surface area contributed by atoms with Crippen LogP contribution in [0.15, 0.2) is 29.6 Å². The van der Waals surface area contributed by atoms with Gasteiger partial charge in [-0.05, 0) is 39.3 Å². The monoisotopic (exact) mass is 333 g/mol. The number of hydrogen-bond donors (Lipinski definition) is 2. The molecule has 0 aliphatic rings. The standard InChI is InChI=1S/C17H23N3O2S/c1-12-11-23-15(20-12)10-18-14-8-6-5-7-13(14)9-19-16(21)22-17(2,3)4/h5-8,11,18H,9-10H2,1-4H3,(H,19,21). The van der Waals surface area contributed by atoms with Crippen LogP contribution in [0.25, 0.3) is 0 Å². The van der Waals surface area contributed by atoms with Crippen LogP contribution < -0.4 is 10.6 Å². The van der Waals surface area contributed by atoms with E-state index in [2.05, 4.69) is 15.6 Å². The second kappa shape index (κ2) is 7.46. The molecule has 2 aromatic rings. The number of carbonyl (C=O) groups is 1. The maximum Gasteiger partial charge on any atom is 0.407 e.